The van der Waals surface area contributed by atoms with Gasteiger partial charge in [0.05, 0.1) is 29.4 Å². The van der Waals surface area contributed by atoms with Gasteiger partial charge in [-0.25, -0.2) is 0 Å². The third kappa shape index (κ3) is 4.44. The van der Waals surface area contributed by atoms with Gasteiger partial charge < -0.3 is 15.4 Å². The summed E-state index contributed by atoms with van der Waals surface area (Å²) in [5.41, 5.74) is 1.21. The summed E-state index contributed by atoms with van der Waals surface area (Å²) in [6.07, 6.45) is 0. The highest BCUT2D eigenvalue weighted by Crippen LogP contribution is 2.28. The molecular weight excluding hydrogens is 347 g/mol. The Morgan fingerprint density at radius 2 is 1.86 bits per heavy atom. The number of hydrogen-bond donors (Lipinski definition) is 2. The third-order valence-electron chi connectivity index (χ3n) is 2.80. The fourth-order valence-electron chi connectivity index (χ4n) is 1.77. The molecule has 0 atom stereocenters. The van der Waals surface area contributed by atoms with Crippen LogP contribution in [0.15, 0.2) is 36.4 Å². The zero-order valence-electron chi connectivity index (χ0n) is 11.6. The Labute approximate surface area is 143 Å². The molecule has 0 aliphatic heterocycles. The van der Waals surface area contributed by atoms with Crippen LogP contribution >= 0.6 is 34.8 Å². The highest BCUT2D eigenvalue weighted by Gasteiger charge is 2.08. The summed E-state index contributed by atoms with van der Waals surface area (Å²) in [7, 11) is 1.55. The number of carbonyl (C=O) groups is 1. The van der Waals surface area contributed by atoms with Gasteiger partial charge in [-0.3, -0.25) is 4.79 Å². The van der Waals surface area contributed by atoms with E-state index in [4.69, 9.17) is 39.5 Å². The maximum atomic E-state index is 11.9. The summed E-state index contributed by atoms with van der Waals surface area (Å²) in [5, 5.41) is 7.04. The average Bonchev–Trinajstić information content (AvgIpc) is 2.49. The predicted octanol–water partition coefficient (Wildman–Crippen LogP) is 4.71. The Balaban J connectivity index is 1.98. The van der Waals surface area contributed by atoms with Crippen LogP contribution in [0.3, 0.4) is 0 Å². The summed E-state index contributed by atoms with van der Waals surface area (Å²) >= 11 is 17.6. The number of ether oxygens (including phenoxy) is 1. The number of amides is 1. The maximum absolute atomic E-state index is 11.9. The molecule has 0 aliphatic rings. The first-order valence-electron chi connectivity index (χ1n) is 6.32. The molecule has 0 bridgehead atoms. The lowest BCUT2D eigenvalue weighted by atomic mass is 10.3. The molecule has 0 saturated heterocycles. The van der Waals surface area contributed by atoms with Crippen molar-refractivity contribution in [3.05, 3.63) is 51.5 Å². The van der Waals surface area contributed by atoms with E-state index in [0.717, 1.165) is 0 Å². The van der Waals surface area contributed by atoms with E-state index in [1.165, 1.54) is 0 Å². The summed E-state index contributed by atoms with van der Waals surface area (Å²) in [6.45, 7) is 0.0525. The second-order valence-corrected chi connectivity index (χ2v) is 5.63. The van der Waals surface area contributed by atoms with Crippen LogP contribution in [0.5, 0.6) is 5.75 Å². The molecule has 1 amide bonds. The molecule has 2 aromatic rings. The van der Waals surface area contributed by atoms with Gasteiger partial charge >= 0.3 is 0 Å². The Morgan fingerprint density at radius 1 is 1.09 bits per heavy atom. The minimum absolute atomic E-state index is 0.0525. The first-order chi connectivity index (χ1) is 10.5. The number of anilines is 2. The van der Waals surface area contributed by atoms with Crippen LogP contribution in [0.25, 0.3) is 0 Å². The van der Waals surface area contributed by atoms with Gasteiger partial charge in [0.25, 0.3) is 0 Å². The second kappa shape index (κ2) is 7.58. The monoisotopic (exact) mass is 358 g/mol. The minimum Gasteiger partial charge on any atom is -0.495 e. The van der Waals surface area contributed by atoms with Crippen LogP contribution in [0.2, 0.25) is 15.1 Å². The molecule has 0 unspecified atom stereocenters. The van der Waals surface area contributed by atoms with Crippen molar-refractivity contribution in [3.8, 4) is 5.75 Å². The van der Waals surface area contributed by atoms with Gasteiger partial charge in [-0.05, 0) is 36.4 Å². The molecular formula is C15H13Cl3N2O2. The zero-order valence-corrected chi connectivity index (χ0v) is 13.9. The Kier molecular flexibility index (Phi) is 5.77. The molecule has 4 nitrogen and oxygen atoms in total. The van der Waals surface area contributed by atoms with Gasteiger partial charge in [0.15, 0.2) is 0 Å². The van der Waals surface area contributed by atoms with Gasteiger partial charge in [0.1, 0.15) is 5.75 Å². The quantitative estimate of drug-likeness (QED) is 0.813. The van der Waals surface area contributed by atoms with Crippen LogP contribution in [-0.2, 0) is 4.79 Å². The molecule has 0 heterocycles. The van der Waals surface area contributed by atoms with E-state index in [1.807, 2.05) is 0 Å². The smallest absolute Gasteiger partial charge is 0.243 e. The van der Waals surface area contributed by atoms with Crippen molar-refractivity contribution in [2.24, 2.45) is 0 Å². The van der Waals surface area contributed by atoms with Crippen LogP contribution in [-0.4, -0.2) is 19.6 Å². The molecule has 116 valence electrons. The van der Waals surface area contributed by atoms with E-state index >= 15 is 0 Å². The minimum atomic E-state index is -0.236. The average molecular weight is 360 g/mol. The SMILES string of the molecule is COc1ccc(Cl)cc1NCC(=O)Nc1ccc(Cl)c(Cl)c1. The summed E-state index contributed by atoms with van der Waals surface area (Å²) < 4.78 is 5.19. The van der Waals surface area contributed by atoms with Crippen molar-refractivity contribution in [2.45, 2.75) is 0 Å². The van der Waals surface area contributed by atoms with Crippen molar-refractivity contribution in [1.82, 2.24) is 0 Å². The van der Waals surface area contributed by atoms with Crippen molar-refractivity contribution < 1.29 is 9.53 Å². The molecule has 2 aromatic carbocycles. The van der Waals surface area contributed by atoms with E-state index in [-0.39, 0.29) is 12.5 Å². The molecule has 0 aliphatic carbocycles. The number of carbonyl (C=O) groups excluding carboxylic acids is 1. The molecule has 0 saturated carbocycles. The van der Waals surface area contributed by atoms with Gasteiger partial charge in [-0.2, -0.15) is 0 Å². The van der Waals surface area contributed by atoms with Crippen LogP contribution in [0.1, 0.15) is 0 Å². The fourth-order valence-corrected chi connectivity index (χ4v) is 2.24. The van der Waals surface area contributed by atoms with E-state index in [0.29, 0.717) is 32.2 Å². The molecule has 0 fully saturated rings. The number of methoxy groups -OCH3 is 1. The van der Waals surface area contributed by atoms with Gasteiger partial charge in [-0.15, -0.1) is 0 Å². The van der Waals surface area contributed by atoms with E-state index in [1.54, 1.807) is 43.5 Å². The van der Waals surface area contributed by atoms with Crippen LogP contribution in [0.4, 0.5) is 11.4 Å². The summed E-state index contributed by atoms with van der Waals surface area (Å²) in [4.78, 5) is 11.9. The van der Waals surface area contributed by atoms with Gasteiger partial charge in [-0.1, -0.05) is 34.8 Å². The molecule has 2 rings (SSSR count). The molecule has 7 heteroatoms. The normalized spacial score (nSPS) is 10.2. The number of hydrogen-bond acceptors (Lipinski definition) is 3. The highest BCUT2D eigenvalue weighted by atomic mass is 35.5. The van der Waals surface area contributed by atoms with E-state index < -0.39 is 0 Å². The highest BCUT2D eigenvalue weighted by molar-refractivity contribution is 6.42. The van der Waals surface area contributed by atoms with Crippen LogP contribution in [0, 0.1) is 0 Å². The topological polar surface area (TPSA) is 50.4 Å². The number of rotatable bonds is 5. The lowest BCUT2D eigenvalue weighted by Crippen LogP contribution is -2.21. The summed E-state index contributed by atoms with van der Waals surface area (Å²) in [6, 6.07) is 10.00. The Bertz CT molecular complexity index is 692. The van der Waals surface area contributed by atoms with Crippen molar-refractivity contribution in [3.63, 3.8) is 0 Å². The predicted molar refractivity (Wildman–Crippen MR) is 91.6 cm³/mol. The van der Waals surface area contributed by atoms with Crippen molar-refractivity contribution >= 4 is 52.1 Å². The Hall–Kier alpha value is -1.62. The number of benzene rings is 2. The molecule has 0 aromatic heterocycles. The molecule has 2 N–H and O–H groups in total. The molecule has 22 heavy (non-hydrogen) atoms. The zero-order chi connectivity index (χ0) is 16.1. The lowest BCUT2D eigenvalue weighted by Gasteiger charge is -2.12. The first kappa shape index (κ1) is 16.7. The third-order valence-corrected chi connectivity index (χ3v) is 3.78. The Morgan fingerprint density at radius 3 is 2.55 bits per heavy atom. The fraction of sp³-hybridized carbons (Fsp3) is 0.133. The van der Waals surface area contributed by atoms with Crippen LogP contribution < -0.4 is 15.4 Å². The standard InChI is InChI=1S/C15H13Cl3N2O2/c1-22-14-5-2-9(16)6-13(14)19-8-15(21)20-10-3-4-11(17)12(18)7-10/h2-7,19H,8H2,1H3,(H,20,21). The van der Waals surface area contributed by atoms with Gasteiger partial charge in [0.2, 0.25) is 5.91 Å². The van der Waals surface area contributed by atoms with E-state index in [9.17, 15) is 4.79 Å². The molecule has 0 radical (unpaired) electrons. The lowest BCUT2D eigenvalue weighted by molar-refractivity contribution is -0.114. The second-order valence-electron chi connectivity index (χ2n) is 4.38. The van der Waals surface area contributed by atoms with Crippen molar-refractivity contribution in [1.29, 1.82) is 0 Å². The number of nitrogens with one attached hydrogen (secondary N) is 2. The number of halogens is 3. The molecule has 0 spiro atoms. The largest absolute Gasteiger partial charge is 0.495 e. The maximum Gasteiger partial charge on any atom is 0.243 e. The van der Waals surface area contributed by atoms with E-state index in [2.05, 4.69) is 10.6 Å². The summed E-state index contributed by atoms with van der Waals surface area (Å²) in [5.74, 6) is 0.368. The first-order valence-corrected chi connectivity index (χ1v) is 7.45. The van der Waals surface area contributed by atoms with Crippen molar-refractivity contribution in [2.75, 3.05) is 24.3 Å². The van der Waals surface area contributed by atoms with Gasteiger partial charge in [0, 0.05) is 10.7 Å².